The van der Waals surface area contributed by atoms with Gasteiger partial charge in [0, 0.05) is 18.9 Å². The molecule has 1 N–H and O–H groups in total. The summed E-state index contributed by atoms with van der Waals surface area (Å²) in [4.78, 5) is 4.34. The van der Waals surface area contributed by atoms with Gasteiger partial charge in [0.05, 0.1) is 11.9 Å². The van der Waals surface area contributed by atoms with E-state index in [0.29, 0.717) is 6.54 Å². The van der Waals surface area contributed by atoms with Crippen molar-refractivity contribution in [1.29, 1.82) is 0 Å². The highest BCUT2D eigenvalue weighted by molar-refractivity contribution is 5.44. The molecule has 0 fully saturated rings. The number of benzene rings is 1. The average Bonchev–Trinajstić information content (AvgIpc) is 3.03. The first-order valence-corrected chi connectivity index (χ1v) is 6.67. The summed E-state index contributed by atoms with van der Waals surface area (Å²) in [6.45, 7) is 2.53. The molecule has 0 saturated carbocycles. The number of nitrogens with one attached hydrogen (secondary N) is 1. The zero-order valence-corrected chi connectivity index (χ0v) is 11.6. The van der Waals surface area contributed by atoms with Crippen molar-refractivity contribution in [1.82, 2.24) is 14.8 Å². The van der Waals surface area contributed by atoms with Gasteiger partial charge in [-0.2, -0.15) is 5.10 Å². The Morgan fingerprint density at radius 1 is 1.24 bits per heavy atom. The van der Waals surface area contributed by atoms with Crippen LogP contribution in [0.1, 0.15) is 11.1 Å². The van der Waals surface area contributed by atoms with E-state index in [1.807, 2.05) is 31.3 Å². The molecule has 0 aliphatic rings. The van der Waals surface area contributed by atoms with E-state index in [4.69, 9.17) is 0 Å². The molecule has 3 rings (SSSR count). The van der Waals surface area contributed by atoms with Crippen LogP contribution in [0.4, 0.5) is 10.1 Å². The first-order valence-electron chi connectivity index (χ1n) is 6.67. The van der Waals surface area contributed by atoms with Crippen molar-refractivity contribution in [3.8, 4) is 5.82 Å². The number of rotatable bonds is 4. The Morgan fingerprint density at radius 3 is 2.86 bits per heavy atom. The lowest BCUT2D eigenvalue weighted by Gasteiger charge is -2.09. The minimum absolute atomic E-state index is 0.218. The molecule has 0 saturated heterocycles. The molecule has 4 nitrogen and oxygen atoms in total. The van der Waals surface area contributed by atoms with Gasteiger partial charge in [0.2, 0.25) is 0 Å². The third-order valence-corrected chi connectivity index (χ3v) is 3.28. The minimum atomic E-state index is -0.218. The van der Waals surface area contributed by atoms with E-state index in [1.54, 1.807) is 29.2 Å². The van der Waals surface area contributed by atoms with Crippen LogP contribution in [-0.4, -0.2) is 14.8 Å². The Kier molecular flexibility index (Phi) is 3.64. The molecule has 0 unspecified atom stereocenters. The zero-order chi connectivity index (χ0) is 14.7. The maximum absolute atomic E-state index is 13.2. The van der Waals surface area contributed by atoms with Crippen LogP contribution >= 0.6 is 0 Å². The van der Waals surface area contributed by atoms with Crippen LogP contribution in [-0.2, 0) is 6.54 Å². The van der Waals surface area contributed by atoms with Crippen molar-refractivity contribution in [2.45, 2.75) is 13.5 Å². The number of aromatic nitrogens is 3. The summed E-state index contributed by atoms with van der Waals surface area (Å²) in [6.07, 6.45) is 5.29. The summed E-state index contributed by atoms with van der Waals surface area (Å²) in [5, 5.41) is 7.37. The fraction of sp³-hybridized carbons (Fsp3) is 0.125. The Hall–Kier alpha value is -2.69. The Morgan fingerprint density at radius 2 is 2.14 bits per heavy atom. The number of nitrogens with zero attached hydrogens (tertiary/aromatic N) is 3. The quantitative estimate of drug-likeness (QED) is 0.798. The number of aryl methyl sites for hydroxylation is 1. The molecule has 2 heterocycles. The lowest BCUT2D eigenvalue weighted by atomic mass is 10.1. The van der Waals surface area contributed by atoms with E-state index >= 15 is 0 Å². The molecule has 0 spiro atoms. The first-order chi connectivity index (χ1) is 10.2. The standard InChI is InChI=1S/C16H15FN4/c1-12-3-4-14(17)9-13(12)10-18-15-5-6-16(19-11-15)21-8-2-7-20-21/h2-9,11,18H,10H2,1H3. The van der Waals surface area contributed by atoms with Gasteiger partial charge < -0.3 is 5.32 Å². The number of pyridine rings is 1. The molecule has 0 bridgehead atoms. The van der Waals surface area contributed by atoms with Crippen molar-refractivity contribution in [2.24, 2.45) is 0 Å². The zero-order valence-electron chi connectivity index (χ0n) is 11.6. The van der Waals surface area contributed by atoms with Crippen LogP contribution in [0.3, 0.4) is 0 Å². The first kappa shape index (κ1) is 13.3. The van der Waals surface area contributed by atoms with Gasteiger partial charge in [-0.3, -0.25) is 0 Å². The molecule has 5 heteroatoms. The summed E-state index contributed by atoms with van der Waals surface area (Å²) in [7, 11) is 0. The van der Waals surface area contributed by atoms with Crippen LogP contribution in [0.2, 0.25) is 0 Å². The van der Waals surface area contributed by atoms with E-state index in [0.717, 1.165) is 22.6 Å². The van der Waals surface area contributed by atoms with E-state index in [-0.39, 0.29) is 5.82 Å². The third kappa shape index (κ3) is 3.08. The van der Waals surface area contributed by atoms with Crippen molar-refractivity contribution >= 4 is 5.69 Å². The highest BCUT2D eigenvalue weighted by atomic mass is 19.1. The second-order valence-electron chi connectivity index (χ2n) is 4.78. The summed E-state index contributed by atoms with van der Waals surface area (Å²) in [5.41, 5.74) is 2.88. The van der Waals surface area contributed by atoms with Crippen LogP contribution in [0.25, 0.3) is 5.82 Å². The van der Waals surface area contributed by atoms with Crippen LogP contribution in [0.15, 0.2) is 55.0 Å². The molecule has 21 heavy (non-hydrogen) atoms. The van der Waals surface area contributed by atoms with Crippen molar-refractivity contribution in [3.63, 3.8) is 0 Å². The Bertz CT molecular complexity index is 721. The lowest BCUT2D eigenvalue weighted by Crippen LogP contribution is -2.03. The monoisotopic (exact) mass is 282 g/mol. The Labute approximate surface area is 122 Å². The molecule has 0 amide bonds. The molecule has 2 aromatic heterocycles. The predicted molar refractivity (Wildman–Crippen MR) is 79.8 cm³/mol. The molecular formula is C16H15FN4. The fourth-order valence-corrected chi connectivity index (χ4v) is 2.06. The number of halogens is 1. The van der Waals surface area contributed by atoms with Crippen molar-refractivity contribution in [3.05, 3.63) is 71.9 Å². The van der Waals surface area contributed by atoms with E-state index in [9.17, 15) is 4.39 Å². The van der Waals surface area contributed by atoms with Gasteiger partial charge in [-0.1, -0.05) is 6.07 Å². The molecule has 3 aromatic rings. The molecule has 0 atom stereocenters. The second kappa shape index (κ2) is 5.75. The fourth-order valence-electron chi connectivity index (χ4n) is 2.06. The Balaban J connectivity index is 1.70. The normalized spacial score (nSPS) is 10.6. The van der Waals surface area contributed by atoms with Gasteiger partial charge >= 0.3 is 0 Å². The van der Waals surface area contributed by atoms with E-state index < -0.39 is 0 Å². The van der Waals surface area contributed by atoms with E-state index in [2.05, 4.69) is 15.4 Å². The third-order valence-electron chi connectivity index (χ3n) is 3.28. The summed E-state index contributed by atoms with van der Waals surface area (Å²) in [5.74, 6) is 0.539. The number of hydrogen-bond donors (Lipinski definition) is 1. The molecule has 0 aliphatic heterocycles. The largest absolute Gasteiger partial charge is 0.380 e. The molecule has 106 valence electrons. The summed E-state index contributed by atoms with van der Waals surface area (Å²) >= 11 is 0. The highest BCUT2D eigenvalue weighted by Crippen LogP contribution is 2.14. The van der Waals surface area contributed by atoms with Crippen LogP contribution < -0.4 is 5.32 Å². The van der Waals surface area contributed by atoms with Crippen LogP contribution in [0, 0.1) is 12.7 Å². The summed E-state index contributed by atoms with van der Waals surface area (Å²) in [6, 6.07) is 10.5. The number of anilines is 1. The SMILES string of the molecule is Cc1ccc(F)cc1CNc1ccc(-n2cccn2)nc1. The lowest BCUT2D eigenvalue weighted by molar-refractivity contribution is 0.625. The second-order valence-corrected chi connectivity index (χ2v) is 4.78. The predicted octanol–water partition coefficient (Wildman–Crippen LogP) is 3.33. The highest BCUT2D eigenvalue weighted by Gasteiger charge is 2.02. The van der Waals surface area contributed by atoms with Gasteiger partial charge in [0.15, 0.2) is 5.82 Å². The summed E-state index contributed by atoms with van der Waals surface area (Å²) < 4.78 is 14.9. The molecule has 0 radical (unpaired) electrons. The van der Waals surface area contributed by atoms with Crippen LogP contribution in [0.5, 0.6) is 0 Å². The van der Waals surface area contributed by atoms with Gasteiger partial charge in [0.1, 0.15) is 5.82 Å². The maximum Gasteiger partial charge on any atom is 0.153 e. The van der Waals surface area contributed by atoms with E-state index in [1.165, 1.54) is 6.07 Å². The molecular weight excluding hydrogens is 267 g/mol. The van der Waals surface area contributed by atoms with Gasteiger partial charge in [-0.05, 0) is 48.4 Å². The smallest absolute Gasteiger partial charge is 0.153 e. The van der Waals surface area contributed by atoms with Crippen molar-refractivity contribution < 1.29 is 4.39 Å². The van der Waals surface area contributed by atoms with Crippen molar-refractivity contribution in [2.75, 3.05) is 5.32 Å². The average molecular weight is 282 g/mol. The maximum atomic E-state index is 13.2. The topological polar surface area (TPSA) is 42.7 Å². The molecule has 0 aliphatic carbocycles. The van der Waals surface area contributed by atoms with Gasteiger partial charge in [-0.25, -0.2) is 14.1 Å². The van der Waals surface area contributed by atoms with Gasteiger partial charge in [-0.15, -0.1) is 0 Å². The van der Waals surface area contributed by atoms with Gasteiger partial charge in [0.25, 0.3) is 0 Å². The number of hydrogen-bond acceptors (Lipinski definition) is 3. The minimum Gasteiger partial charge on any atom is -0.380 e. The molecule has 1 aromatic carbocycles.